The predicted molar refractivity (Wildman–Crippen MR) is 141 cm³/mol. The number of amides is 3. The lowest BCUT2D eigenvalue weighted by molar-refractivity contribution is -0.130. The van der Waals surface area contributed by atoms with Crippen molar-refractivity contribution in [3.8, 4) is 5.75 Å². The average Bonchev–Trinajstić information content (AvgIpc) is 2.88. The smallest absolute Gasteiger partial charge is 0.323 e. The van der Waals surface area contributed by atoms with E-state index in [1.165, 1.54) is 0 Å². The number of hydrogen-bond donors (Lipinski definition) is 2. The normalized spacial score (nSPS) is 13.3. The van der Waals surface area contributed by atoms with Gasteiger partial charge in [0, 0.05) is 37.6 Å². The van der Waals surface area contributed by atoms with E-state index in [1.807, 2.05) is 53.4 Å². The van der Waals surface area contributed by atoms with Gasteiger partial charge in [-0.05, 0) is 54.1 Å². The Hall–Kier alpha value is -3.42. The molecule has 9 heteroatoms. The van der Waals surface area contributed by atoms with Gasteiger partial charge in [0.05, 0.1) is 29.3 Å². The van der Waals surface area contributed by atoms with Crippen LogP contribution in [0.1, 0.15) is 5.56 Å². The van der Waals surface area contributed by atoms with Crippen LogP contribution < -0.4 is 20.3 Å². The molecule has 0 radical (unpaired) electrons. The summed E-state index contributed by atoms with van der Waals surface area (Å²) in [6.45, 7) is 2.82. The summed E-state index contributed by atoms with van der Waals surface area (Å²) in [5.74, 6) is 0.905. The quantitative estimate of drug-likeness (QED) is 0.454. The van der Waals surface area contributed by atoms with Crippen LogP contribution >= 0.6 is 23.2 Å². The second kappa shape index (κ2) is 11.3. The third-order valence-corrected chi connectivity index (χ3v) is 6.66. The van der Waals surface area contributed by atoms with E-state index < -0.39 is 6.03 Å². The van der Waals surface area contributed by atoms with Crippen LogP contribution in [0.4, 0.5) is 21.9 Å². The van der Waals surface area contributed by atoms with Gasteiger partial charge in [-0.25, -0.2) is 4.79 Å². The van der Waals surface area contributed by atoms with Gasteiger partial charge < -0.3 is 25.2 Å². The second-order valence-corrected chi connectivity index (χ2v) is 8.91. The van der Waals surface area contributed by atoms with E-state index in [1.54, 1.807) is 25.3 Å². The molecule has 0 spiro atoms. The standard InChI is InChI=1S/C26H26Cl2N4O3/c1-35-21-11-5-18(6-12-21)17-24(33)32-15-13-31(14-16-32)20-9-7-19(8-10-20)29-26(34)30-23-4-2-3-22(27)25(23)28/h2-12H,13-17H2,1H3,(H2,29,30,34). The number of nitrogens with zero attached hydrogens (tertiary/aromatic N) is 2. The lowest BCUT2D eigenvalue weighted by atomic mass is 10.1. The van der Waals surface area contributed by atoms with Gasteiger partial charge in [-0.1, -0.05) is 41.4 Å². The Morgan fingerprint density at radius 2 is 1.57 bits per heavy atom. The summed E-state index contributed by atoms with van der Waals surface area (Å²) in [6.07, 6.45) is 0.382. The number of methoxy groups -OCH3 is 1. The Kier molecular flexibility index (Phi) is 8.00. The minimum atomic E-state index is -0.411. The zero-order valence-electron chi connectivity index (χ0n) is 19.3. The summed E-state index contributed by atoms with van der Waals surface area (Å²) in [6, 6.07) is 19.8. The zero-order chi connectivity index (χ0) is 24.8. The van der Waals surface area contributed by atoms with Crippen LogP contribution in [0.25, 0.3) is 0 Å². The molecule has 1 heterocycles. The first-order valence-corrected chi connectivity index (χ1v) is 12.0. The SMILES string of the molecule is COc1ccc(CC(=O)N2CCN(c3ccc(NC(=O)Nc4cccc(Cl)c4Cl)cc3)CC2)cc1. The number of ether oxygens (including phenoxy) is 1. The van der Waals surface area contributed by atoms with Gasteiger partial charge in [0.2, 0.25) is 5.91 Å². The molecule has 1 aliphatic rings. The van der Waals surface area contributed by atoms with Crippen LogP contribution in [0.5, 0.6) is 5.75 Å². The molecule has 0 bridgehead atoms. The van der Waals surface area contributed by atoms with Crippen molar-refractivity contribution in [2.45, 2.75) is 6.42 Å². The number of rotatable bonds is 6. The summed E-state index contributed by atoms with van der Waals surface area (Å²) >= 11 is 12.1. The highest BCUT2D eigenvalue weighted by molar-refractivity contribution is 6.44. The molecule has 1 aliphatic heterocycles. The van der Waals surface area contributed by atoms with E-state index in [0.717, 1.165) is 30.1 Å². The first kappa shape index (κ1) is 24.7. The monoisotopic (exact) mass is 512 g/mol. The predicted octanol–water partition coefficient (Wildman–Crippen LogP) is 5.54. The average molecular weight is 513 g/mol. The molecule has 1 fully saturated rings. The molecule has 0 atom stereocenters. The van der Waals surface area contributed by atoms with E-state index in [2.05, 4.69) is 15.5 Å². The number of carbonyl (C=O) groups is 2. The number of anilines is 3. The largest absolute Gasteiger partial charge is 0.497 e. The third-order valence-electron chi connectivity index (χ3n) is 5.84. The van der Waals surface area contributed by atoms with Crippen LogP contribution in [0, 0.1) is 0 Å². The van der Waals surface area contributed by atoms with Crippen molar-refractivity contribution in [3.63, 3.8) is 0 Å². The van der Waals surface area contributed by atoms with Crippen LogP contribution in [-0.4, -0.2) is 50.1 Å². The fourth-order valence-electron chi connectivity index (χ4n) is 3.88. The van der Waals surface area contributed by atoms with Crippen molar-refractivity contribution in [1.29, 1.82) is 0 Å². The van der Waals surface area contributed by atoms with Gasteiger partial charge in [-0.15, -0.1) is 0 Å². The van der Waals surface area contributed by atoms with E-state index >= 15 is 0 Å². The van der Waals surface area contributed by atoms with Gasteiger partial charge >= 0.3 is 6.03 Å². The summed E-state index contributed by atoms with van der Waals surface area (Å²) in [5.41, 5.74) is 3.10. The molecule has 0 aliphatic carbocycles. The van der Waals surface area contributed by atoms with Gasteiger partial charge in [-0.3, -0.25) is 4.79 Å². The molecular weight excluding hydrogens is 487 g/mol. The molecule has 182 valence electrons. The topological polar surface area (TPSA) is 73.9 Å². The number of hydrogen-bond acceptors (Lipinski definition) is 4. The maximum Gasteiger partial charge on any atom is 0.323 e. The molecule has 35 heavy (non-hydrogen) atoms. The Balaban J connectivity index is 1.26. The van der Waals surface area contributed by atoms with Crippen LogP contribution in [-0.2, 0) is 11.2 Å². The van der Waals surface area contributed by atoms with Crippen molar-refractivity contribution in [3.05, 3.63) is 82.3 Å². The second-order valence-electron chi connectivity index (χ2n) is 8.12. The van der Waals surface area contributed by atoms with Crippen molar-refractivity contribution in [2.75, 3.05) is 48.8 Å². The molecule has 3 amide bonds. The van der Waals surface area contributed by atoms with Crippen LogP contribution in [0.2, 0.25) is 10.0 Å². The summed E-state index contributed by atoms with van der Waals surface area (Å²) in [4.78, 5) is 29.1. The highest BCUT2D eigenvalue weighted by Crippen LogP contribution is 2.29. The first-order valence-electron chi connectivity index (χ1n) is 11.2. The maximum absolute atomic E-state index is 12.7. The van der Waals surface area contributed by atoms with Crippen molar-refractivity contribution in [1.82, 2.24) is 4.90 Å². The Bertz CT molecular complexity index is 1180. The lowest BCUT2D eigenvalue weighted by Gasteiger charge is -2.36. The van der Waals surface area contributed by atoms with Crippen LogP contribution in [0.3, 0.4) is 0 Å². The molecule has 0 unspecified atom stereocenters. The molecule has 0 saturated carbocycles. The van der Waals surface area contributed by atoms with E-state index in [-0.39, 0.29) is 5.91 Å². The Morgan fingerprint density at radius 3 is 2.23 bits per heavy atom. The van der Waals surface area contributed by atoms with Gasteiger partial charge in [0.15, 0.2) is 0 Å². The van der Waals surface area contributed by atoms with E-state index in [0.29, 0.717) is 40.9 Å². The number of benzene rings is 3. The summed E-state index contributed by atoms with van der Waals surface area (Å²) in [5, 5.41) is 6.15. The highest BCUT2D eigenvalue weighted by Gasteiger charge is 2.21. The van der Waals surface area contributed by atoms with E-state index in [4.69, 9.17) is 27.9 Å². The third kappa shape index (κ3) is 6.38. The lowest BCUT2D eigenvalue weighted by Crippen LogP contribution is -2.49. The number of carbonyl (C=O) groups excluding carboxylic acids is 2. The summed E-state index contributed by atoms with van der Waals surface area (Å²) in [7, 11) is 1.62. The number of urea groups is 1. The minimum Gasteiger partial charge on any atom is -0.497 e. The number of piperazine rings is 1. The Labute approximate surface area is 214 Å². The van der Waals surface area contributed by atoms with Gasteiger partial charge in [0.1, 0.15) is 5.75 Å². The molecule has 2 N–H and O–H groups in total. The minimum absolute atomic E-state index is 0.125. The van der Waals surface area contributed by atoms with E-state index in [9.17, 15) is 9.59 Å². The zero-order valence-corrected chi connectivity index (χ0v) is 20.8. The maximum atomic E-state index is 12.7. The molecule has 1 saturated heterocycles. The highest BCUT2D eigenvalue weighted by atomic mass is 35.5. The Morgan fingerprint density at radius 1 is 0.886 bits per heavy atom. The number of nitrogens with one attached hydrogen (secondary N) is 2. The molecule has 0 aromatic heterocycles. The van der Waals surface area contributed by atoms with Crippen molar-refractivity contribution < 1.29 is 14.3 Å². The fraction of sp³-hybridized carbons (Fsp3) is 0.231. The fourth-order valence-corrected chi connectivity index (χ4v) is 4.23. The van der Waals surface area contributed by atoms with Crippen molar-refractivity contribution in [2.24, 2.45) is 0 Å². The van der Waals surface area contributed by atoms with Gasteiger partial charge in [0.25, 0.3) is 0 Å². The summed E-state index contributed by atoms with van der Waals surface area (Å²) < 4.78 is 5.17. The molecule has 3 aromatic rings. The van der Waals surface area contributed by atoms with Gasteiger partial charge in [-0.2, -0.15) is 0 Å². The van der Waals surface area contributed by atoms with Crippen LogP contribution in [0.15, 0.2) is 66.7 Å². The first-order chi connectivity index (χ1) is 16.9. The molecule has 7 nitrogen and oxygen atoms in total. The van der Waals surface area contributed by atoms with Crippen molar-refractivity contribution >= 4 is 52.2 Å². The molecular formula is C26H26Cl2N4O3. The number of halogens is 2. The molecule has 3 aromatic carbocycles. The molecule has 4 rings (SSSR count).